The van der Waals surface area contributed by atoms with Crippen molar-refractivity contribution >= 4 is 6.21 Å². The monoisotopic (exact) mass is 161 g/mol. The maximum Gasteiger partial charge on any atom is 0.0625 e. The average molecular weight is 161 g/mol. The van der Waals surface area contributed by atoms with E-state index in [2.05, 4.69) is 21.2 Å². The van der Waals surface area contributed by atoms with E-state index in [1.807, 2.05) is 18.5 Å². The molecule has 0 aliphatic carbocycles. The van der Waals surface area contributed by atoms with E-state index in [9.17, 15) is 0 Å². The van der Waals surface area contributed by atoms with Gasteiger partial charge in [0.15, 0.2) is 0 Å². The molecule has 1 aromatic rings. The van der Waals surface area contributed by atoms with Crippen molar-refractivity contribution in [1.29, 1.82) is 0 Å². The summed E-state index contributed by atoms with van der Waals surface area (Å²) >= 11 is 0. The molecule has 0 radical (unpaired) electrons. The van der Waals surface area contributed by atoms with Crippen molar-refractivity contribution in [2.75, 3.05) is 6.54 Å². The Morgan fingerprint density at radius 3 is 3.17 bits per heavy atom. The first-order valence-corrected chi connectivity index (χ1v) is 4.11. The fourth-order valence-electron chi connectivity index (χ4n) is 1.26. The number of hydrogen-bond acceptors (Lipinski definition) is 3. The summed E-state index contributed by atoms with van der Waals surface area (Å²) in [5.41, 5.74) is 1.22. The molecular weight excluding hydrogens is 150 g/mol. The third kappa shape index (κ3) is 1.61. The normalized spacial score (nSPS) is 15.5. The van der Waals surface area contributed by atoms with Crippen LogP contribution in [0.1, 0.15) is 12.0 Å². The third-order valence-electron chi connectivity index (χ3n) is 1.85. The Kier molecular flexibility index (Phi) is 2.03. The Labute approximate surface area is 71.7 Å². The predicted molar refractivity (Wildman–Crippen MR) is 47.8 cm³/mol. The number of hydrazone groups is 1. The second-order valence-electron chi connectivity index (χ2n) is 2.84. The highest BCUT2D eigenvalue weighted by Crippen LogP contribution is 2.06. The molecule has 0 saturated heterocycles. The highest BCUT2D eigenvalue weighted by molar-refractivity contribution is 5.58. The van der Waals surface area contributed by atoms with Crippen molar-refractivity contribution < 1.29 is 0 Å². The van der Waals surface area contributed by atoms with Crippen LogP contribution >= 0.6 is 0 Å². The average Bonchev–Trinajstić information content (AvgIpc) is 2.59. The van der Waals surface area contributed by atoms with Crippen LogP contribution in [0.3, 0.4) is 0 Å². The summed E-state index contributed by atoms with van der Waals surface area (Å²) in [5, 5.41) is 6.26. The van der Waals surface area contributed by atoms with E-state index in [4.69, 9.17) is 0 Å². The van der Waals surface area contributed by atoms with Crippen LogP contribution < -0.4 is 0 Å². The van der Waals surface area contributed by atoms with Crippen molar-refractivity contribution in [3.05, 3.63) is 30.1 Å². The van der Waals surface area contributed by atoms with Crippen LogP contribution in [0.2, 0.25) is 0 Å². The molecule has 1 aliphatic heterocycles. The Balaban J connectivity index is 1.99. The van der Waals surface area contributed by atoms with Crippen LogP contribution in [-0.2, 0) is 6.54 Å². The highest BCUT2D eigenvalue weighted by atomic mass is 15.5. The Morgan fingerprint density at radius 2 is 2.50 bits per heavy atom. The molecule has 3 nitrogen and oxygen atoms in total. The zero-order chi connectivity index (χ0) is 8.23. The standard InChI is InChI=1S/C9H11N3/c1-3-9(7-10-4-1)8-12-6-2-5-11-12/h1,3-5,7H,2,6,8H2. The molecule has 0 atom stereocenters. The number of pyridine rings is 1. The van der Waals surface area contributed by atoms with Crippen molar-refractivity contribution in [2.24, 2.45) is 5.10 Å². The third-order valence-corrected chi connectivity index (χ3v) is 1.85. The molecule has 0 unspecified atom stereocenters. The second-order valence-corrected chi connectivity index (χ2v) is 2.84. The van der Waals surface area contributed by atoms with Crippen LogP contribution in [-0.4, -0.2) is 22.8 Å². The molecular formula is C9H11N3. The van der Waals surface area contributed by atoms with Crippen molar-refractivity contribution in [3.63, 3.8) is 0 Å². The first-order chi connectivity index (χ1) is 5.95. The van der Waals surface area contributed by atoms with Gasteiger partial charge in [0.2, 0.25) is 0 Å². The zero-order valence-corrected chi connectivity index (χ0v) is 6.85. The summed E-state index contributed by atoms with van der Waals surface area (Å²) in [6.07, 6.45) is 6.70. The fraction of sp³-hybridized carbons (Fsp3) is 0.333. The number of hydrogen-bond donors (Lipinski definition) is 0. The quantitative estimate of drug-likeness (QED) is 0.653. The number of nitrogens with zero attached hydrogens (tertiary/aromatic N) is 3. The van der Waals surface area contributed by atoms with Gasteiger partial charge in [0.1, 0.15) is 0 Å². The first kappa shape index (κ1) is 7.28. The van der Waals surface area contributed by atoms with E-state index in [1.165, 1.54) is 5.56 Å². The van der Waals surface area contributed by atoms with E-state index in [0.29, 0.717) is 0 Å². The minimum Gasteiger partial charge on any atom is -0.293 e. The summed E-state index contributed by atoms with van der Waals surface area (Å²) in [7, 11) is 0. The lowest BCUT2D eigenvalue weighted by atomic mass is 10.3. The van der Waals surface area contributed by atoms with Gasteiger partial charge in [0.25, 0.3) is 0 Å². The molecule has 1 aliphatic rings. The van der Waals surface area contributed by atoms with Crippen LogP contribution in [0, 0.1) is 0 Å². The summed E-state index contributed by atoms with van der Waals surface area (Å²) in [6, 6.07) is 4.02. The van der Waals surface area contributed by atoms with Gasteiger partial charge in [-0.2, -0.15) is 5.10 Å². The van der Waals surface area contributed by atoms with Crippen LogP contribution in [0.5, 0.6) is 0 Å². The van der Waals surface area contributed by atoms with Crippen LogP contribution in [0.15, 0.2) is 29.6 Å². The van der Waals surface area contributed by atoms with E-state index in [-0.39, 0.29) is 0 Å². The molecule has 0 spiro atoms. The van der Waals surface area contributed by atoms with Gasteiger partial charge in [-0.05, 0) is 11.6 Å². The molecule has 3 heteroatoms. The Morgan fingerprint density at radius 1 is 1.50 bits per heavy atom. The largest absolute Gasteiger partial charge is 0.293 e. The van der Waals surface area contributed by atoms with Crippen molar-refractivity contribution in [1.82, 2.24) is 9.99 Å². The van der Waals surface area contributed by atoms with Gasteiger partial charge in [-0.3, -0.25) is 9.99 Å². The lowest BCUT2D eigenvalue weighted by molar-refractivity contribution is 0.310. The number of aromatic nitrogens is 1. The Bertz CT molecular complexity index is 268. The minimum atomic E-state index is 0.879. The van der Waals surface area contributed by atoms with E-state index in [1.54, 1.807) is 6.20 Å². The summed E-state index contributed by atoms with van der Waals surface area (Å²) in [4.78, 5) is 4.05. The molecule has 0 aromatic carbocycles. The molecule has 0 N–H and O–H groups in total. The molecule has 12 heavy (non-hydrogen) atoms. The van der Waals surface area contributed by atoms with Gasteiger partial charge < -0.3 is 0 Å². The molecule has 2 rings (SSSR count). The van der Waals surface area contributed by atoms with E-state index in [0.717, 1.165) is 19.5 Å². The van der Waals surface area contributed by atoms with Gasteiger partial charge >= 0.3 is 0 Å². The smallest absolute Gasteiger partial charge is 0.0625 e. The highest BCUT2D eigenvalue weighted by Gasteiger charge is 2.05. The molecule has 0 saturated carbocycles. The SMILES string of the molecule is C1=NN(Cc2cccnc2)CC1. The lowest BCUT2D eigenvalue weighted by Crippen LogP contribution is -2.13. The molecule has 0 fully saturated rings. The molecule has 0 bridgehead atoms. The van der Waals surface area contributed by atoms with Crippen LogP contribution in [0.25, 0.3) is 0 Å². The van der Waals surface area contributed by atoms with E-state index >= 15 is 0 Å². The molecule has 0 amide bonds. The summed E-state index contributed by atoms with van der Waals surface area (Å²) < 4.78 is 0. The summed E-state index contributed by atoms with van der Waals surface area (Å²) in [6.45, 7) is 1.92. The van der Waals surface area contributed by atoms with E-state index < -0.39 is 0 Å². The molecule has 62 valence electrons. The fourth-order valence-corrected chi connectivity index (χ4v) is 1.26. The minimum absolute atomic E-state index is 0.879. The van der Waals surface area contributed by atoms with Crippen molar-refractivity contribution in [3.8, 4) is 0 Å². The number of rotatable bonds is 2. The first-order valence-electron chi connectivity index (χ1n) is 4.11. The van der Waals surface area contributed by atoms with Gasteiger partial charge in [-0.15, -0.1) is 0 Å². The molecule has 2 heterocycles. The maximum atomic E-state index is 4.21. The maximum absolute atomic E-state index is 4.21. The second kappa shape index (κ2) is 3.34. The van der Waals surface area contributed by atoms with Crippen molar-refractivity contribution in [2.45, 2.75) is 13.0 Å². The van der Waals surface area contributed by atoms with Gasteiger partial charge in [-0.25, -0.2) is 0 Å². The zero-order valence-electron chi connectivity index (χ0n) is 6.85. The summed E-state index contributed by atoms with van der Waals surface area (Å²) in [5.74, 6) is 0. The van der Waals surface area contributed by atoms with Gasteiger partial charge in [0.05, 0.1) is 6.54 Å². The van der Waals surface area contributed by atoms with Gasteiger partial charge in [-0.1, -0.05) is 6.07 Å². The Hall–Kier alpha value is -1.38. The van der Waals surface area contributed by atoms with Gasteiger partial charge in [0, 0.05) is 31.6 Å². The topological polar surface area (TPSA) is 28.5 Å². The predicted octanol–water partition coefficient (Wildman–Crippen LogP) is 1.27. The molecule has 1 aromatic heterocycles. The lowest BCUT2D eigenvalue weighted by Gasteiger charge is -2.12. The van der Waals surface area contributed by atoms with Crippen LogP contribution in [0.4, 0.5) is 0 Å².